The smallest absolute Gasteiger partial charge is 0.261 e. The second-order valence-corrected chi connectivity index (χ2v) is 7.65. The molecule has 138 valence electrons. The molecule has 1 aliphatic heterocycles. The Balaban J connectivity index is 1.90. The third-order valence-electron chi connectivity index (χ3n) is 4.14. The molecule has 1 amide bonds. The van der Waals surface area contributed by atoms with E-state index in [9.17, 15) is 17.6 Å². The van der Waals surface area contributed by atoms with E-state index in [1.807, 2.05) is 0 Å². The second-order valence-electron chi connectivity index (χ2n) is 5.97. The number of rotatable bonds is 4. The summed E-state index contributed by atoms with van der Waals surface area (Å²) in [5, 5.41) is 0. The van der Waals surface area contributed by atoms with Gasteiger partial charge in [0.25, 0.3) is 15.9 Å². The topological polar surface area (TPSA) is 75.7 Å². The van der Waals surface area contributed by atoms with Crippen molar-refractivity contribution in [3.63, 3.8) is 0 Å². The summed E-state index contributed by atoms with van der Waals surface area (Å²) < 4.78 is 46.4. The minimum Gasteiger partial charge on any atom is -0.378 e. The molecule has 0 radical (unpaired) electrons. The molecule has 0 unspecified atom stereocenters. The van der Waals surface area contributed by atoms with Gasteiger partial charge in [-0.25, -0.2) is 12.8 Å². The first-order chi connectivity index (χ1) is 12.4. The Kier molecular flexibility index (Phi) is 5.24. The van der Waals surface area contributed by atoms with Crippen LogP contribution in [0.15, 0.2) is 47.4 Å². The molecule has 1 saturated heterocycles. The maximum Gasteiger partial charge on any atom is 0.261 e. The van der Waals surface area contributed by atoms with Crippen molar-refractivity contribution in [3.8, 4) is 0 Å². The molecule has 1 heterocycles. The molecule has 0 atom stereocenters. The fraction of sp³-hybridized carbons (Fsp3) is 0.278. The molecule has 1 aliphatic rings. The number of carbonyl (C=O) groups excluding carboxylic acids is 1. The number of nitrogens with one attached hydrogen (secondary N) is 1. The first-order valence-electron chi connectivity index (χ1n) is 8.13. The number of anilines is 1. The highest BCUT2D eigenvalue weighted by Crippen LogP contribution is 2.23. The van der Waals surface area contributed by atoms with Gasteiger partial charge in [0.15, 0.2) is 0 Å². The Hall–Kier alpha value is -2.45. The first-order valence-corrected chi connectivity index (χ1v) is 9.62. The molecule has 0 aromatic heterocycles. The Bertz CT molecular complexity index is 925. The largest absolute Gasteiger partial charge is 0.378 e. The summed E-state index contributed by atoms with van der Waals surface area (Å²) in [5.41, 5.74) is 0.674. The molecule has 8 heteroatoms. The normalized spacial score (nSPS) is 14.9. The lowest BCUT2D eigenvalue weighted by atomic mass is 10.1. The minimum absolute atomic E-state index is 0.0648. The number of aryl methyl sites for hydroxylation is 1. The zero-order valence-corrected chi connectivity index (χ0v) is 15.1. The van der Waals surface area contributed by atoms with Gasteiger partial charge in [-0.15, -0.1) is 0 Å². The number of ether oxygens (including phenoxy) is 1. The van der Waals surface area contributed by atoms with Crippen LogP contribution in [0.3, 0.4) is 0 Å². The van der Waals surface area contributed by atoms with E-state index in [2.05, 4.69) is 4.72 Å². The van der Waals surface area contributed by atoms with Gasteiger partial charge in [0.05, 0.1) is 29.4 Å². The Labute approximate surface area is 151 Å². The van der Waals surface area contributed by atoms with E-state index in [1.165, 1.54) is 25.1 Å². The van der Waals surface area contributed by atoms with Crippen molar-refractivity contribution >= 4 is 21.6 Å². The number of para-hydroxylation sites is 1. The molecule has 2 aromatic rings. The van der Waals surface area contributed by atoms with Gasteiger partial charge in [0.1, 0.15) is 5.82 Å². The van der Waals surface area contributed by atoms with Crippen LogP contribution in [0.25, 0.3) is 0 Å². The summed E-state index contributed by atoms with van der Waals surface area (Å²) in [6, 6.07) is 9.97. The number of halogens is 1. The molecule has 2 aromatic carbocycles. The molecule has 26 heavy (non-hydrogen) atoms. The fourth-order valence-electron chi connectivity index (χ4n) is 2.68. The average Bonchev–Trinajstić information content (AvgIpc) is 2.64. The SMILES string of the molecule is Cc1cc(S(=O)(=O)Nc2ccccc2C(=O)N2CCOCC2)ccc1F. The van der Waals surface area contributed by atoms with Crippen LogP contribution in [0.4, 0.5) is 10.1 Å². The number of sulfonamides is 1. The van der Waals surface area contributed by atoms with Crippen LogP contribution >= 0.6 is 0 Å². The van der Waals surface area contributed by atoms with E-state index >= 15 is 0 Å². The Morgan fingerprint density at radius 2 is 1.85 bits per heavy atom. The lowest BCUT2D eigenvalue weighted by Crippen LogP contribution is -2.41. The Morgan fingerprint density at radius 3 is 2.54 bits per heavy atom. The van der Waals surface area contributed by atoms with Gasteiger partial charge in [0, 0.05) is 13.1 Å². The maximum absolute atomic E-state index is 13.4. The van der Waals surface area contributed by atoms with Crippen molar-refractivity contribution in [1.29, 1.82) is 0 Å². The van der Waals surface area contributed by atoms with Gasteiger partial charge < -0.3 is 9.64 Å². The zero-order valence-electron chi connectivity index (χ0n) is 14.2. The van der Waals surface area contributed by atoms with Crippen LogP contribution in [-0.2, 0) is 14.8 Å². The number of carbonyl (C=O) groups is 1. The van der Waals surface area contributed by atoms with Crippen molar-refractivity contribution in [3.05, 3.63) is 59.4 Å². The monoisotopic (exact) mass is 378 g/mol. The predicted octanol–water partition coefficient (Wildman–Crippen LogP) is 2.41. The molecule has 0 saturated carbocycles. The van der Waals surface area contributed by atoms with E-state index < -0.39 is 15.8 Å². The molecule has 1 N–H and O–H groups in total. The first kappa shape index (κ1) is 18.3. The molecule has 0 bridgehead atoms. The lowest BCUT2D eigenvalue weighted by molar-refractivity contribution is 0.0303. The van der Waals surface area contributed by atoms with Crippen molar-refractivity contribution in [2.45, 2.75) is 11.8 Å². The molecule has 6 nitrogen and oxygen atoms in total. The third kappa shape index (κ3) is 3.86. The number of morpholine rings is 1. The van der Waals surface area contributed by atoms with E-state index in [0.717, 1.165) is 6.07 Å². The fourth-order valence-corrected chi connectivity index (χ4v) is 3.85. The predicted molar refractivity (Wildman–Crippen MR) is 95.1 cm³/mol. The number of amides is 1. The quantitative estimate of drug-likeness (QED) is 0.887. The van der Waals surface area contributed by atoms with Crippen LogP contribution in [-0.4, -0.2) is 45.5 Å². The van der Waals surface area contributed by atoms with Crippen LogP contribution in [0, 0.1) is 12.7 Å². The molecule has 0 spiro atoms. The standard InChI is InChI=1S/C18H19FN2O4S/c1-13-12-14(6-7-16(13)19)26(23,24)20-17-5-3-2-4-15(17)18(22)21-8-10-25-11-9-21/h2-7,12,20H,8-11H2,1H3. The van der Waals surface area contributed by atoms with Crippen LogP contribution < -0.4 is 4.72 Å². The highest BCUT2D eigenvalue weighted by Gasteiger charge is 2.23. The van der Waals surface area contributed by atoms with Crippen LogP contribution in [0.5, 0.6) is 0 Å². The van der Waals surface area contributed by atoms with E-state index in [-0.39, 0.29) is 27.6 Å². The second kappa shape index (κ2) is 7.43. The zero-order chi connectivity index (χ0) is 18.7. The van der Waals surface area contributed by atoms with Crippen LogP contribution in [0.2, 0.25) is 0 Å². The lowest BCUT2D eigenvalue weighted by Gasteiger charge is -2.27. The van der Waals surface area contributed by atoms with E-state index in [0.29, 0.717) is 26.3 Å². The highest BCUT2D eigenvalue weighted by molar-refractivity contribution is 7.92. The van der Waals surface area contributed by atoms with Crippen molar-refractivity contribution in [2.75, 3.05) is 31.0 Å². The van der Waals surface area contributed by atoms with Crippen molar-refractivity contribution in [1.82, 2.24) is 4.90 Å². The number of benzene rings is 2. The molecule has 1 fully saturated rings. The molecular formula is C18H19FN2O4S. The number of hydrogen-bond acceptors (Lipinski definition) is 4. The van der Waals surface area contributed by atoms with Crippen molar-refractivity contribution in [2.24, 2.45) is 0 Å². The highest BCUT2D eigenvalue weighted by atomic mass is 32.2. The number of nitrogens with zero attached hydrogens (tertiary/aromatic N) is 1. The van der Waals surface area contributed by atoms with Gasteiger partial charge in [0.2, 0.25) is 0 Å². The minimum atomic E-state index is -3.95. The molecule has 0 aliphatic carbocycles. The van der Waals surface area contributed by atoms with Gasteiger partial charge >= 0.3 is 0 Å². The summed E-state index contributed by atoms with van der Waals surface area (Å²) in [6.07, 6.45) is 0. The maximum atomic E-state index is 13.4. The Morgan fingerprint density at radius 1 is 1.15 bits per heavy atom. The molecule has 3 rings (SSSR count). The number of hydrogen-bond donors (Lipinski definition) is 1. The summed E-state index contributed by atoms with van der Waals surface area (Å²) in [4.78, 5) is 14.3. The van der Waals surface area contributed by atoms with E-state index in [4.69, 9.17) is 4.74 Å². The van der Waals surface area contributed by atoms with E-state index in [1.54, 1.807) is 23.1 Å². The van der Waals surface area contributed by atoms with Gasteiger partial charge in [-0.1, -0.05) is 12.1 Å². The van der Waals surface area contributed by atoms with Gasteiger partial charge in [-0.3, -0.25) is 9.52 Å². The van der Waals surface area contributed by atoms with Gasteiger partial charge in [-0.05, 0) is 42.8 Å². The third-order valence-corrected chi connectivity index (χ3v) is 5.50. The van der Waals surface area contributed by atoms with Crippen molar-refractivity contribution < 1.29 is 22.3 Å². The molecular weight excluding hydrogens is 359 g/mol. The summed E-state index contributed by atoms with van der Waals surface area (Å²) in [7, 11) is -3.95. The van der Waals surface area contributed by atoms with Crippen LogP contribution in [0.1, 0.15) is 15.9 Å². The summed E-state index contributed by atoms with van der Waals surface area (Å²) in [5.74, 6) is -0.742. The van der Waals surface area contributed by atoms with Gasteiger partial charge in [-0.2, -0.15) is 0 Å². The average molecular weight is 378 g/mol. The summed E-state index contributed by atoms with van der Waals surface area (Å²) >= 11 is 0. The summed E-state index contributed by atoms with van der Waals surface area (Å²) in [6.45, 7) is 3.31.